The van der Waals surface area contributed by atoms with Gasteiger partial charge in [0.15, 0.2) is 5.82 Å². The zero-order chi connectivity index (χ0) is 23.3. The number of nitrogens with one attached hydrogen (secondary N) is 1. The van der Waals surface area contributed by atoms with Gasteiger partial charge in [-0.25, -0.2) is 4.68 Å². The van der Waals surface area contributed by atoms with E-state index >= 15 is 0 Å². The Balaban J connectivity index is 2.00. The predicted octanol–water partition coefficient (Wildman–Crippen LogP) is 4.57. The van der Waals surface area contributed by atoms with E-state index in [0.29, 0.717) is 29.4 Å². The number of amides is 1. The van der Waals surface area contributed by atoms with Crippen molar-refractivity contribution in [3.8, 4) is 23.1 Å². The number of rotatable bonds is 8. The molecule has 7 nitrogen and oxygen atoms in total. The molecule has 1 amide bonds. The average molecular weight is 448 g/mol. The van der Waals surface area contributed by atoms with Gasteiger partial charge >= 0.3 is 12.2 Å². The molecule has 0 bridgehead atoms. The standard InChI is InChI=1S/C22H23F3N4O3/c1-14(2)12-32-21-27-20(15-7-9-16(10-8-15)22(23,24)25)29(28-21)18-6-4-5-17(11-18)26-19(30)13-31-3/h4-11,14H,12-13H2,1-3H3,(H,26,30). The summed E-state index contributed by atoms with van der Waals surface area (Å²) < 4.78 is 50.8. The highest BCUT2D eigenvalue weighted by molar-refractivity contribution is 5.91. The van der Waals surface area contributed by atoms with Crippen molar-refractivity contribution >= 4 is 11.6 Å². The van der Waals surface area contributed by atoms with Gasteiger partial charge in [0.2, 0.25) is 5.91 Å². The summed E-state index contributed by atoms with van der Waals surface area (Å²) in [6.07, 6.45) is -4.44. The minimum Gasteiger partial charge on any atom is -0.462 e. The number of carbonyl (C=O) groups is 1. The van der Waals surface area contributed by atoms with Crippen LogP contribution in [0.1, 0.15) is 19.4 Å². The molecule has 10 heteroatoms. The van der Waals surface area contributed by atoms with Crippen LogP contribution in [0.15, 0.2) is 48.5 Å². The SMILES string of the molecule is COCC(=O)Nc1cccc(-n2nc(OCC(C)C)nc2-c2ccc(C(F)(F)F)cc2)c1. The van der Waals surface area contributed by atoms with Gasteiger partial charge in [-0.3, -0.25) is 4.79 Å². The first kappa shape index (κ1) is 23.3. The molecule has 0 aliphatic carbocycles. The van der Waals surface area contributed by atoms with Gasteiger partial charge in [0.25, 0.3) is 0 Å². The molecule has 3 aromatic rings. The number of benzene rings is 2. The van der Waals surface area contributed by atoms with Gasteiger partial charge in [-0.05, 0) is 36.2 Å². The molecule has 1 aromatic heterocycles. The number of ether oxygens (including phenoxy) is 2. The molecule has 170 valence electrons. The zero-order valence-electron chi connectivity index (χ0n) is 17.8. The van der Waals surface area contributed by atoms with Crippen molar-refractivity contribution in [1.29, 1.82) is 0 Å². The van der Waals surface area contributed by atoms with E-state index in [0.717, 1.165) is 12.1 Å². The highest BCUT2D eigenvalue weighted by Crippen LogP contribution is 2.31. The van der Waals surface area contributed by atoms with Crippen LogP contribution >= 0.6 is 0 Å². The number of methoxy groups -OCH3 is 1. The molecule has 0 saturated carbocycles. The molecule has 0 aliphatic heterocycles. The first-order valence-corrected chi connectivity index (χ1v) is 9.84. The van der Waals surface area contributed by atoms with E-state index in [-0.39, 0.29) is 24.4 Å². The van der Waals surface area contributed by atoms with Crippen LogP contribution in [0.4, 0.5) is 18.9 Å². The maximum absolute atomic E-state index is 13.0. The average Bonchev–Trinajstić information content (AvgIpc) is 3.16. The maximum atomic E-state index is 13.0. The number of nitrogens with zero attached hydrogens (tertiary/aromatic N) is 3. The Bertz CT molecular complexity index is 1060. The second-order valence-electron chi connectivity index (χ2n) is 7.44. The van der Waals surface area contributed by atoms with Gasteiger partial charge in [0.05, 0.1) is 17.9 Å². The quantitative estimate of drug-likeness (QED) is 0.546. The summed E-state index contributed by atoms with van der Waals surface area (Å²) in [5, 5.41) is 7.08. The Morgan fingerprint density at radius 3 is 2.50 bits per heavy atom. The fourth-order valence-corrected chi connectivity index (χ4v) is 2.81. The molecule has 0 unspecified atom stereocenters. The van der Waals surface area contributed by atoms with Crippen LogP contribution in [0.2, 0.25) is 0 Å². The molecular weight excluding hydrogens is 425 g/mol. The third-order valence-corrected chi connectivity index (χ3v) is 4.25. The number of aromatic nitrogens is 3. The van der Waals surface area contributed by atoms with Gasteiger partial charge in [-0.2, -0.15) is 18.2 Å². The van der Waals surface area contributed by atoms with Crippen LogP contribution in [0, 0.1) is 5.92 Å². The summed E-state index contributed by atoms with van der Waals surface area (Å²) in [4.78, 5) is 16.2. The molecular formula is C22H23F3N4O3. The number of alkyl halides is 3. The van der Waals surface area contributed by atoms with E-state index in [9.17, 15) is 18.0 Å². The lowest BCUT2D eigenvalue weighted by Crippen LogP contribution is -2.17. The molecule has 1 N–H and O–H groups in total. The molecule has 0 radical (unpaired) electrons. The summed E-state index contributed by atoms with van der Waals surface area (Å²) in [5.74, 6) is 0.209. The van der Waals surface area contributed by atoms with E-state index in [1.165, 1.54) is 23.9 Å². The molecule has 0 fully saturated rings. The molecule has 0 atom stereocenters. The maximum Gasteiger partial charge on any atom is 0.416 e. The Hall–Kier alpha value is -3.40. The van der Waals surface area contributed by atoms with Gasteiger partial charge in [0.1, 0.15) is 6.61 Å². The largest absolute Gasteiger partial charge is 0.462 e. The Morgan fingerprint density at radius 1 is 1.16 bits per heavy atom. The van der Waals surface area contributed by atoms with Crippen molar-refractivity contribution < 1.29 is 27.4 Å². The number of halogens is 3. The number of hydrogen-bond acceptors (Lipinski definition) is 5. The molecule has 0 spiro atoms. The molecule has 3 rings (SSSR count). The topological polar surface area (TPSA) is 78.3 Å². The number of carbonyl (C=O) groups excluding carboxylic acids is 1. The van der Waals surface area contributed by atoms with E-state index in [2.05, 4.69) is 15.4 Å². The molecule has 0 saturated heterocycles. The smallest absolute Gasteiger partial charge is 0.416 e. The summed E-state index contributed by atoms with van der Waals surface area (Å²) in [7, 11) is 1.42. The lowest BCUT2D eigenvalue weighted by Gasteiger charge is -2.10. The second-order valence-corrected chi connectivity index (χ2v) is 7.44. The normalized spacial score (nSPS) is 11.6. The van der Waals surface area contributed by atoms with Crippen molar-refractivity contribution in [1.82, 2.24) is 14.8 Å². The van der Waals surface area contributed by atoms with Crippen LogP contribution in [0.5, 0.6) is 6.01 Å². The van der Waals surface area contributed by atoms with Crippen LogP contribution in [-0.4, -0.2) is 41.0 Å². The van der Waals surface area contributed by atoms with Gasteiger partial charge in [0, 0.05) is 18.4 Å². The van der Waals surface area contributed by atoms with E-state index in [1.54, 1.807) is 24.3 Å². The summed E-state index contributed by atoms with van der Waals surface area (Å²) in [5.41, 5.74) is 0.718. The van der Waals surface area contributed by atoms with Crippen molar-refractivity contribution in [3.05, 3.63) is 54.1 Å². The third kappa shape index (κ3) is 5.85. The third-order valence-electron chi connectivity index (χ3n) is 4.25. The Morgan fingerprint density at radius 2 is 1.88 bits per heavy atom. The van der Waals surface area contributed by atoms with Crippen LogP contribution in [0.25, 0.3) is 17.1 Å². The minimum atomic E-state index is -4.44. The van der Waals surface area contributed by atoms with Gasteiger partial charge in [-0.15, -0.1) is 5.10 Å². The van der Waals surface area contributed by atoms with Crippen molar-refractivity contribution in [2.24, 2.45) is 5.92 Å². The highest BCUT2D eigenvalue weighted by Gasteiger charge is 2.30. The minimum absolute atomic E-state index is 0.0995. The summed E-state index contributed by atoms with van der Waals surface area (Å²) in [6.45, 7) is 4.22. The van der Waals surface area contributed by atoms with Crippen LogP contribution in [-0.2, 0) is 15.7 Å². The van der Waals surface area contributed by atoms with Crippen molar-refractivity contribution in [2.45, 2.75) is 20.0 Å². The molecule has 32 heavy (non-hydrogen) atoms. The van der Waals surface area contributed by atoms with Gasteiger partial charge in [-0.1, -0.05) is 32.0 Å². The zero-order valence-corrected chi connectivity index (χ0v) is 17.8. The number of anilines is 1. The van der Waals surface area contributed by atoms with Crippen molar-refractivity contribution in [3.63, 3.8) is 0 Å². The lowest BCUT2D eigenvalue weighted by atomic mass is 10.1. The van der Waals surface area contributed by atoms with Gasteiger partial charge < -0.3 is 14.8 Å². The fourth-order valence-electron chi connectivity index (χ4n) is 2.81. The van der Waals surface area contributed by atoms with E-state index in [4.69, 9.17) is 9.47 Å². The van der Waals surface area contributed by atoms with E-state index < -0.39 is 11.7 Å². The lowest BCUT2D eigenvalue weighted by molar-refractivity contribution is -0.137. The number of hydrogen-bond donors (Lipinski definition) is 1. The molecule has 0 aliphatic rings. The molecule has 2 aromatic carbocycles. The fraction of sp³-hybridized carbons (Fsp3) is 0.318. The second kappa shape index (κ2) is 9.82. The summed E-state index contributed by atoms with van der Waals surface area (Å²) >= 11 is 0. The molecule has 1 heterocycles. The Labute approximate surface area is 183 Å². The first-order chi connectivity index (χ1) is 15.2. The highest BCUT2D eigenvalue weighted by atomic mass is 19.4. The van der Waals surface area contributed by atoms with Crippen LogP contribution < -0.4 is 10.1 Å². The first-order valence-electron chi connectivity index (χ1n) is 9.84. The van der Waals surface area contributed by atoms with Crippen LogP contribution in [0.3, 0.4) is 0 Å². The summed E-state index contributed by atoms with van der Waals surface area (Å²) in [6, 6.07) is 11.6. The predicted molar refractivity (Wildman–Crippen MR) is 113 cm³/mol. The van der Waals surface area contributed by atoms with E-state index in [1.807, 2.05) is 13.8 Å². The monoisotopic (exact) mass is 448 g/mol. The Kier molecular flexibility index (Phi) is 7.14. The van der Waals surface area contributed by atoms with Crippen molar-refractivity contribution in [2.75, 3.05) is 25.6 Å².